The quantitative estimate of drug-likeness (QED) is 0.776. The largest absolute Gasteiger partial charge is 0.478 e. The van der Waals surface area contributed by atoms with Crippen LogP contribution in [0.3, 0.4) is 0 Å². The van der Waals surface area contributed by atoms with Gasteiger partial charge < -0.3 is 10.8 Å². The van der Waals surface area contributed by atoms with Gasteiger partial charge in [-0.15, -0.1) is 0 Å². The van der Waals surface area contributed by atoms with Crippen LogP contribution in [0.5, 0.6) is 0 Å². The third-order valence-electron chi connectivity index (χ3n) is 3.74. The molecule has 0 saturated carbocycles. The monoisotopic (exact) mass is 292 g/mol. The first-order valence-electron chi connectivity index (χ1n) is 7.02. The van der Waals surface area contributed by atoms with E-state index in [2.05, 4.69) is 11.1 Å². The number of aromatic carboxylic acids is 1. The molecule has 4 heteroatoms. The molecule has 2 aromatic carbocycles. The highest BCUT2D eigenvalue weighted by atomic mass is 16.4. The Morgan fingerprint density at radius 1 is 1.18 bits per heavy atom. The highest BCUT2D eigenvalue weighted by molar-refractivity contribution is 5.99. The summed E-state index contributed by atoms with van der Waals surface area (Å²) in [6.45, 7) is 2.40. The Kier molecular flexibility index (Phi) is 3.61. The molecule has 110 valence electrons. The number of hydrogen-bond donors (Lipinski definition) is 2. The van der Waals surface area contributed by atoms with Crippen molar-refractivity contribution in [1.29, 1.82) is 0 Å². The van der Waals surface area contributed by atoms with Crippen LogP contribution in [0.2, 0.25) is 0 Å². The molecular formula is C18H16N2O2. The molecule has 0 amide bonds. The molecule has 0 saturated heterocycles. The van der Waals surface area contributed by atoms with E-state index in [0.717, 1.165) is 33.2 Å². The minimum absolute atomic E-state index is 0.265. The molecule has 22 heavy (non-hydrogen) atoms. The average molecular weight is 292 g/mol. The summed E-state index contributed by atoms with van der Waals surface area (Å²) in [6.07, 6.45) is 1.76. The maximum Gasteiger partial charge on any atom is 0.335 e. The van der Waals surface area contributed by atoms with Gasteiger partial charge in [0.25, 0.3) is 0 Å². The van der Waals surface area contributed by atoms with Crippen molar-refractivity contribution in [3.8, 4) is 11.1 Å². The Labute approximate surface area is 128 Å². The van der Waals surface area contributed by atoms with E-state index in [9.17, 15) is 4.79 Å². The van der Waals surface area contributed by atoms with Gasteiger partial charge in [-0.05, 0) is 36.1 Å². The van der Waals surface area contributed by atoms with E-state index in [0.29, 0.717) is 6.54 Å². The highest BCUT2D eigenvalue weighted by Crippen LogP contribution is 2.30. The Morgan fingerprint density at radius 2 is 2.00 bits per heavy atom. The highest BCUT2D eigenvalue weighted by Gasteiger charge is 2.10. The zero-order chi connectivity index (χ0) is 15.7. The SMILES string of the molecule is Cc1ccc2c(-c3cccc(C(=O)O)c3)cnc(CN)c2c1. The second-order valence-electron chi connectivity index (χ2n) is 5.26. The standard InChI is InChI=1S/C18H16N2O2/c1-11-5-6-14-15(7-11)17(9-19)20-10-16(14)12-3-2-4-13(8-12)18(21)22/h2-8,10H,9,19H2,1H3,(H,21,22). The summed E-state index contributed by atoms with van der Waals surface area (Å²) >= 11 is 0. The van der Waals surface area contributed by atoms with Crippen molar-refractivity contribution in [3.63, 3.8) is 0 Å². The molecule has 3 rings (SSSR count). The molecular weight excluding hydrogens is 276 g/mol. The fourth-order valence-electron chi connectivity index (χ4n) is 2.63. The first kappa shape index (κ1) is 14.2. The summed E-state index contributed by atoms with van der Waals surface area (Å²) in [6, 6.07) is 13.0. The van der Waals surface area contributed by atoms with Crippen LogP contribution in [-0.4, -0.2) is 16.1 Å². The van der Waals surface area contributed by atoms with Crippen LogP contribution in [0.25, 0.3) is 21.9 Å². The Bertz CT molecular complexity index is 872. The number of fused-ring (bicyclic) bond motifs is 1. The summed E-state index contributed by atoms with van der Waals surface area (Å²) in [5.41, 5.74) is 9.78. The Balaban J connectivity index is 2.28. The minimum atomic E-state index is -0.937. The summed E-state index contributed by atoms with van der Waals surface area (Å²) in [5.74, 6) is -0.937. The summed E-state index contributed by atoms with van der Waals surface area (Å²) in [4.78, 5) is 15.6. The number of carboxylic acids is 1. The lowest BCUT2D eigenvalue weighted by Crippen LogP contribution is -2.02. The molecule has 3 N–H and O–H groups in total. The molecule has 0 atom stereocenters. The van der Waals surface area contributed by atoms with Gasteiger partial charge in [-0.1, -0.05) is 29.8 Å². The van der Waals surface area contributed by atoms with E-state index in [1.165, 1.54) is 0 Å². The van der Waals surface area contributed by atoms with E-state index in [1.807, 2.05) is 25.1 Å². The van der Waals surface area contributed by atoms with Gasteiger partial charge in [0.05, 0.1) is 11.3 Å². The number of carboxylic acid groups (broad SMARTS) is 1. The van der Waals surface area contributed by atoms with E-state index in [4.69, 9.17) is 10.8 Å². The maximum atomic E-state index is 11.2. The lowest BCUT2D eigenvalue weighted by atomic mass is 9.97. The van der Waals surface area contributed by atoms with Gasteiger partial charge in [-0.3, -0.25) is 4.98 Å². The molecule has 0 radical (unpaired) electrons. The normalized spacial score (nSPS) is 10.8. The fraction of sp³-hybridized carbons (Fsp3) is 0.111. The number of carbonyl (C=O) groups is 1. The van der Waals surface area contributed by atoms with Crippen molar-refractivity contribution in [2.24, 2.45) is 5.73 Å². The van der Waals surface area contributed by atoms with Crippen LogP contribution in [0.1, 0.15) is 21.6 Å². The zero-order valence-corrected chi connectivity index (χ0v) is 12.2. The van der Waals surface area contributed by atoms with E-state index >= 15 is 0 Å². The van der Waals surface area contributed by atoms with Crippen molar-refractivity contribution >= 4 is 16.7 Å². The fourth-order valence-corrected chi connectivity index (χ4v) is 2.63. The number of benzene rings is 2. The summed E-state index contributed by atoms with van der Waals surface area (Å²) in [5, 5.41) is 11.2. The molecule has 0 aliphatic rings. The van der Waals surface area contributed by atoms with E-state index in [-0.39, 0.29) is 5.56 Å². The minimum Gasteiger partial charge on any atom is -0.478 e. The van der Waals surface area contributed by atoms with E-state index < -0.39 is 5.97 Å². The zero-order valence-electron chi connectivity index (χ0n) is 12.2. The van der Waals surface area contributed by atoms with Gasteiger partial charge in [0.15, 0.2) is 0 Å². The summed E-state index contributed by atoms with van der Waals surface area (Å²) in [7, 11) is 0. The predicted octanol–water partition coefficient (Wildman–Crippen LogP) is 3.37. The number of aromatic nitrogens is 1. The molecule has 0 bridgehead atoms. The number of pyridine rings is 1. The third-order valence-corrected chi connectivity index (χ3v) is 3.74. The smallest absolute Gasteiger partial charge is 0.335 e. The van der Waals surface area contributed by atoms with Crippen molar-refractivity contribution in [2.45, 2.75) is 13.5 Å². The molecule has 0 aliphatic carbocycles. The molecule has 4 nitrogen and oxygen atoms in total. The first-order chi connectivity index (χ1) is 10.6. The van der Waals surface area contributed by atoms with Gasteiger partial charge in [-0.25, -0.2) is 4.79 Å². The number of rotatable bonds is 3. The van der Waals surface area contributed by atoms with Crippen LogP contribution >= 0.6 is 0 Å². The Morgan fingerprint density at radius 3 is 2.73 bits per heavy atom. The molecule has 1 aromatic heterocycles. The maximum absolute atomic E-state index is 11.2. The van der Waals surface area contributed by atoms with Gasteiger partial charge in [0.2, 0.25) is 0 Å². The van der Waals surface area contributed by atoms with Crippen LogP contribution < -0.4 is 5.73 Å². The van der Waals surface area contributed by atoms with Gasteiger partial charge >= 0.3 is 5.97 Å². The molecule has 3 aromatic rings. The second-order valence-corrected chi connectivity index (χ2v) is 5.26. The van der Waals surface area contributed by atoms with Crippen molar-refractivity contribution in [1.82, 2.24) is 4.98 Å². The average Bonchev–Trinajstić information content (AvgIpc) is 2.53. The third kappa shape index (κ3) is 2.44. The van der Waals surface area contributed by atoms with Gasteiger partial charge in [0.1, 0.15) is 0 Å². The summed E-state index contributed by atoms with van der Waals surface area (Å²) < 4.78 is 0. The van der Waals surface area contributed by atoms with Gasteiger partial charge in [-0.2, -0.15) is 0 Å². The van der Waals surface area contributed by atoms with Crippen LogP contribution in [0.15, 0.2) is 48.7 Å². The Hall–Kier alpha value is -2.72. The first-order valence-corrected chi connectivity index (χ1v) is 7.02. The molecule has 0 aliphatic heterocycles. The molecule has 0 unspecified atom stereocenters. The lowest BCUT2D eigenvalue weighted by molar-refractivity contribution is 0.0697. The van der Waals surface area contributed by atoms with Crippen LogP contribution in [0.4, 0.5) is 0 Å². The predicted molar refractivity (Wildman–Crippen MR) is 86.8 cm³/mol. The van der Waals surface area contributed by atoms with Crippen molar-refractivity contribution in [2.75, 3.05) is 0 Å². The molecule has 0 fully saturated rings. The molecule has 1 heterocycles. The number of nitrogens with zero attached hydrogens (tertiary/aromatic N) is 1. The number of nitrogens with two attached hydrogens (primary N) is 1. The van der Waals surface area contributed by atoms with Crippen molar-refractivity contribution in [3.05, 3.63) is 65.5 Å². The van der Waals surface area contributed by atoms with Crippen molar-refractivity contribution < 1.29 is 9.90 Å². The van der Waals surface area contributed by atoms with Gasteiger partial charge in [0, 0.05) is 23.7 Å². The topological polar surface area (TPSA) is 76.2 Å². The number of aryl methyl sites for hydroxylation is 1. The molecule has 0 spiro atoms. The van der Waals surface area contributed by atoms with E-state index in [1.54, 1.807) is 24.4 Å². The van der Waals surface area contributed by atoms with Crippen LogP contribution in [0, 0.1) is 6.92 Å². The van der Waals surface area contributed by atoms with Crippen LogP contribution in [-0.2, 0) is 6.54 Å². The second kappa shape index (κ2) is 5.58. The number of hydrogen-bond acceptors (Lipinski definition) is 3. The lowest BCUT2D eigenvalue weighted by Gasteiger charge is -2.11.